The molecule has 5 heterocycles. The first kappa shape index (κ1) is 26.9. The van der Waals surface area contributed by atoms with Crippen molar-refractivity contribution < 1.29 is 14.6 Å². The summed E-state index contributed by atoms with van der Waals surface area (Å²) >= 11 is 0. The van der Waals surface area contributed by atoms with Gasteiger partial charge >= 0.3 is 5.97 Å². The normalized spacial score (nSPS) is 24.9. The highest BCUT2D eigenvalue weighted by molar-refractivity contribution is 6.23. The zero-order chi connectivity index (χ0) is 29.2. The van der Waals surface area contributed by atoms with Gasteiger partial charge in [0.1, 0.15) is 5.76 Å². The van der Waals surface area contributed by atoms with Gasteiger partial charge in [-0.05, 0) is 74.1 Å². The van der Waals surface area contributed by atoms with Gasteiger partial charge in [-0.2, -0.15) is 0 Å². The van der Waals surface area contributed by atoms with Crippen LogP contribution in [0.1, 0.15) is 60.3 Å². The van der Waals surface area contributed by atoms with Crippen LogP contribution in [0.3, 0.4) is 0 Å². The maximum absolute atomic E-state index is 12.1. The zero-order valence-corrected chi connectivity index (χ0v) is 24.6. The second kappa shape index (κ2) is 9.98. The fraction of sp³-hybridized carbons (Fsp3) is 0.353. The number of hydrogen-bond acceptors (Lipinski definition) is 7. The molecule has 0 unspecified atom stereocenters. The van der Waals surface area contributed by atoms with Crippen LogP contribution in [0.5, 0.6) is 0 Å². The molecule has 0 aromatic heterocycles. The van der Waals surface area contributed by atoms with E-state index in [0.29, 0.717) is 24.5 Å². The van der Waals surface area contributed by atoms with Crippen molar-refractivity contribution in [1.29, 1.82) is 0 Å². The van der Waals surface area contributed by atoms with Gasteiger partial charge in [-0.25, -0.2) is 15.0 Å². The summed E-state index contributed by atoms with van der Waals surface area (Å²) < 4.78 is 4.94. The summed E-state index contributed by atoms with van der Waals surface area (Å²) in [5.74, 6) is 0.633. The first-order valence-electron chi connectivity index (χ1n) is 14.3. The lowest BCUT2D eigenvalue weighted by Crippen LogP contribution is -2.08. The highest BCUT2D eigenvalue weighted by atomic mass is 16.5. The van der Waals surface area contributed by atoms with Crippen molar-refractivity contribution in [3.8, 4) is 0 Å². The van der Waals surface area contributed by atoms with Crippen molar-refractivity contribution in [3.05, 3.63) is 104 Å². The third-order valence-electron chi connectivity index (χ3n) is 9.18. The molecule has 8 bridgehead atoms. The summed E-state index contributed by atoms with van der Waals surface area (Å²) in [5.41, 5.74) is 13.8. The number of carbonyl (C=O) groups excluding carboxylic acids is 1. The van der Waals surface area contributed by atoms with Crippen LogP contribution < -0.4 is 5.32 Å². The van der Waals surface area contributed by atoms with Crippen LogP contribution in [0, 0.1) is 11.8 Å². The van der Waals surface area contributed by atoms with E-state index in [0.717, 1.165) is 91.1 Å². The minimum Gasteiger partial charge on any atom is -0.511 e. The standard InChI is InChI=1S/C34H36N4O3/c1-8-20-16(3)24-13-26-18(5)22(10-11-31(40)41-7)33(37-26)23-12-30(39)32-19(6)27(38-34(23)32)15-29-21(9-2)17(4)25(36-29)14-28(20)35-24/h8,13-15,17,21,36,39H,1,9-12H2,2-7H3/t17-,21-/m1/s1. The molecule has 6 aliphatic rings. The van der Waals surface area contributed by atoms with Gasteiger partial charge in [0, 0.05) is 52.8 Å². The number of rotatable bonds is 5. The average Bonchev–Trinajstić information content (AvgIpc) is 3.70. The molecule has 41 heavy (non-hydrogen) atoms. The number of hydrogen-bond donors (Lipinski definition) is 2. The van der Waals surface area contributed by atoms with Gasteiger partial charge < -0.3 is 15.2 Å². The Balaban J connectivity index is 1.61. The Kier molecular flexibility index (Phi) is 6.56. The maximum atomic E-state index is 12.1. The Bertz CT molecular complexity index is 1680. The third kappa shape index (κ3) is 4.17. The van der Waals surface area contributed by atoms with Crippen LogP contribution in [0.25, 0.3) is 0 Å². The van der Waals surface area contributed by atoms with Crippen LogP contribution in [-0.2, 0) is 9.53 Å². The number of methoxy groups -OCH3 is 1. The number of esters is 1. The Morgan fingerprint density at radius 1 is 1.10 bits per heavy atom. The molecular formula is C34H36N4O3. The first-order chi connectivity index (χ1) is 19.7. The Labute approximate surface area is 241 Å². The van der Waals surface area contributed by atoms with Crippen LogP contribution in [-0.4, -0.2) is 35.3 Å². The van der Waals surface area contributed by atoms with Crippen molar-refractivity contribution in [2.24, 2.45) is 26.8 Å². The molecule has 1 saturated heterocycles. The van der Waals surface area contributed by atoms with E-state index in [9.17, 15) is 9.90 Å². The Hall–Kier alpha value is -4.26. The SMILES string of the molecule is C=CC1=C(C)C2=CC3=NC(=C4CC(O)=C5C4=NC(=C5C)C=C4NC(=CC1=N2)[C@H](C)[C@H]4CC)C(CCC(=O)OC)=C3C. The molecule has 2 atom stereocenters. The number of aliphatic hydroxyl groups is 1. The summed E-state index contributed by atoms with van der Waals surface area (Å²) in [5, 5.41) is 14.9. The summed E-state index contributed by atoms with van der Waals surface area (Å²) in [4.78, 5) is 27.4. The Morgan fingerprint density at radius 3 is 2.59 bits per heavy atom. The fourth-order valence-corrected chi connectivity index (χ4v) is 6.72. The molecule has 5 aliphatic heterocycles. The lowest BCUT2D eigenvalue weighted by molar-refractivity contribution is -0.140. The number of aliphatic hydroxyl groups excluding tert-OH is 1. The lowest BCUT2D eigenvalue weighted by atomic mass is 9.90. The van der Waals surface area contributed by atoms with Crippen LogP contribution >= 0.6 is 0 Å². The molecular weight excluding hydrogens is 512 g/mol. The largest absolute Gasteiger partial charge is 0.511 e. The summed E-state index contributed by atoms with van der Waals surface area (Å²) in [6, 6.07) is 0. The number of allylic oxidation sites excluding steroid dienone is 13. The van der Waals surface area contributed by atoms with Crippen molar-refractivity contribution in [2.75, 3.05) is 7.11 Å². The van der Waals surface area contributed by atoms with Crippen molar-refractivity contribution in [2.45, 2.75) is 60.3 Å². The van der Waals surface area contributed by atoms with E-state index >= 15 is 0 Å². The van der Waals surface area contributed by atoms with Gasteiger partial charge in [-0.1, -0.05) is 26.5 Å². The van der Waals surface area contributed by atoms with Crippen molar-refractivity contribution >= 4 is 23.1 Å². The van der Waals surface area contributed by atoms with Crippen LogP contribution in [0.2, 0.25) is 0 Å². The summed E-state index contributed by atoms with van der Waals surface area (Å²) in [7, 11) is 1.40. The first-order valence-corrected chi connectivity index (χ1v) is 14.3. The molecule has 1 aliphatic carbocycles. The maximum Gasteiger partial charge on any atom is 0.305 e. The molecule has 7 heteroatoms. The fourth-order valence-electron chi connectivity index (χ4n) is 6.72. The molecule has 0 saturated carbocycles. The molecule has 6 rings (SSSR count). The van der Waals surface area contributed by atoms with Gasteiger partial charge in [-0.15, -0.1) is 0 Å². The molecule has 0 aromatic rings. The monoisotopic (exact) mass is 548 g/mol. The molecule has 0 amide bonds. The number of fused-ring (bicyclic) bond motifs is 5. The van der Waals surface area contributed by atoms with E-state index in [1.807, 2.05) is 26.0 Å². The second-order valence-corrected chi connectivity index (χ2v) is 11.4. The molecule has 0 spiro atoms. The van der Waals surface area contributed by atoms with Crippen molar-refractivity contribution in [3.63, 3.8) is 0 Å². The Morgan fingerprint density at radius 2 is 1.88 bits per heavy atom. The molecule has 1 fully saturated rings. The average molecular weight is 549 g/mol. The van der Waals surface area contributed by atoms with Gasteiger partial charge in [0.25, 0.3) is 0 Å². The smallest absolute Gasteiger partial charge is 0.305 e. The van der Waals surface area contributed by atoms with Gasteiger partial charge in [-0.3, -0.25) is 4.79 Å². The summed E-state index contributed by atoms with van der Waals surface area (Å²) in [6.45, 7) is 14.7. The lowest BCUT2D eigenvalue weighted by Gasteiger charge is -2.13. The number of aliphatic imine (C=N–C) groups is 3. The predicted molar refractivity (Wildman–Crippen MR) is 163 cm³/mol. The molecule has 2 N–H and O–H groups in total. The number of nitrogens with one attached hydrogen (secondary N) is 1. The van der Waals surface area contributed by atoms with Crippen LogP contribution in [0.15, 0.2) is 119 Å². The van der Waals surface area contributed by atoms with E-state index < -0.39 is 0 Å². The van der Waals surface area contributed by atoms with Crippen molar-refractivity contribution in [1.82, 2.24) is 5.32 Å². The molecule has 210 valence electrons. The van der Waals surface area contributed by atoms with Gasteiger partial charge in [0.2, 0.25) is 0 Å². The van der Waals surface area contributed by atoms with E-state index in [4.69, 9.17) is 19.7 Å². The highest BCUT2D eigenvalue weighted by Gasteiger charge is 2.38. The topological polar surface area (TPSA) is 95.6 Å². The minimum atomic E-state index is -0.271. The minimum absolute atomic E-state index is 0.240. The predicted octanol–water partition coefficient (Wildman–Crippen LogP) is 6.80. The second-order valence-electron chi connectivity index (χ2n) is 11.4. The third-order valence-corrected chi connectivity index (χ3v) is 9.18. The zero-order valence-electron chi connectivity index (χ0n) is 24.6. The van der Waals surface area contributed by atoms with Gasteiger partial charge in [0.15, 0.2) is 0 Å². The number of nitrogens with zero attached hydrogens (tertiary/aromatic N) is 3. The van der Waals surface area contributed by atoms with Gasteiger partial charge in [0.05, 0.1) is 41.3 Å². The quantitative estimate of drug-likeness (QED) is 0.370. The van der Waals surface area contributed by atoms with E-state index in [2.05, 4.69) is 44.8 Å². The molecule has 7 nitrogen and oxygen atoms in total. The number of ether oxygens (including phenoxy) is 1. The van der Waals surface area contributed by atoms with E-state index in [-0.39, 0.29) is 18.3 Å². The highest BCUT2D eigenvalue weighted by Crippen LogP contribution is 2.45. The molecule has 0 radical (unpaired) electrons. The van der Waals surface area contributed by atoms with E-state index in [1.165, 1.54) is 7.11 Å². The van der Waals surface area contributed by atoms with E-state index in [1.54, 1.807) is 0 Å². The summed E-state index contributed by atoms with van der Waals surface area (Å²) in [6.07, 6.45) is 10.2. The molecule has 0 aromatic carbocycles. The van der Waals surface area contributed by atoms with Crippen LogP contribution in [0.4, 0.5) is 0 Å². The number of carbonyl (C=O) groups is 1.